The van der Waals surface area contributed by atoms with E-state index in [1.54, 1.807) is 0 Å². The first-order valence-corrected chi connectivity index (χ1v) is 10.4. The molecule has 0 N–H and O–H groups in total. The molecule has 0 saturated heterocycles. The highest BCUT2D eigenvalue weighted by Crippen LogP contribution is 2.43. The Kier molecular flexibility index (Phi) is 5.58. The van der Waals surface area contributed by atoms with Gasteiger partial charge in [-0.25, -0.2) is 0 Å². The zero-order valence-corrected chi connectivity index (χ0v) is 17.3. The molecular weight excluding hydrogens is 392 g/mol. The SMILES string of the molecule is c1ccc(C2=C(c3ccccc3)/C(c3ccccc3)=C(/c3ccccc3)N=NN=N2)cc1. The molecule has 0 atom stereocenters. The van der Waals surface area contributed by atoms with E-state index in [0.717, 1.165) is 44.8 Å². The van der Waals surface area contributed by atoms with Gasteiger partial charge in [0.15, 0.2) is 0 Å². The standard InChI is InChI=1S/C28H20N4/c1-5-13-21(14-6-1)25-26(22-15-7-2-8-16-22)28(24-19-11-4-12-20-24)30-32-31-29-27(25)23-17-9-3-10-18-23/h1-20H/b26-25?,27-25-,28-26?,29-27?,30-28?,31-29?,32-30?,32-31?. The van der Waals surface area contributed by atoms with Gasteiger partial charge in [-0.15, -0.1) is 10.2 Å². The van der Waals surface area contributed by atoms with E-state index in [4.69, 9.17) is 0 Å². The Hall–Kier alpha value is -4.44. The van der Waals surface area contributed by atoms with E-state index < -0.39 is 0 Å². The molecule has 0 aromatic heterocycles. The predicted octanol–water partition coefficient (Wildman–Crippen LogP) is 7.96. The van der Waals surface area contributed by atoms with Crippen LogP contribution in [0.1, 0.15) is 22.3 Å². The molecule has 1 aliphatic rings. The Bertz CT molecular complexity index is 1210. The average Bonchev–Trinajstić information content (AvgIpc) is 2.86. The summed E-state index contributed by atoms with van der Waals surface area (Å²) in [7, 11) is 0. The minimum atomic E-state index is 0.753. The fourth-order valence-corrected chi connectivity index (χ4v) is 3.83. The fraction of sp³-hybridized carbons (Fsp3) is 0. The fourth-order valence-electron chi connectivity index (χ4n) is 3.83. The van der Waals surface area contributed by atoms with Crippen molar-refractivity contribution in [2.45, 2.75) is 0 Å². The average molecular weight is 412 g/mol. The Morgan fingerprint density at radius 1 is 0.312 bits per heavy atom. The van der Waals surface area contributed by atoms with E-state index in [1.165, 1.54) is 0 Å². The Labute approximate surface area is 187 Å². The second-order valence-corrected chi connectivity index (χ2v) is 7.29. The zero-order chi connectivity index (χ0) is 21.6. The van der Waals surface area contributed by atoms with Crippen LogP contribution >= 0.6 is 0 Å². The van der Waals surface area contributed by atoms with Crippen molar-refractivity contribution in [1.29, 1.82) is 0 Å². The van der Waals surface area contributed by atoms with Gasteiger partial charge in [0.2, 0.25) is 0 Å². The molecule has 0 amide bonds. The maximum Gasteiger partial charge on any atom is 0.103 e. The van der Waals surface area contributed by atoms with Gasteiger partial charge in [0.25, 0.3) is 0 Å². The van der Waals surface area contributed by atoms with Crippen molar-refractivity contribution in [2.24, 2.45) is 20.7 Å². The maximum atomic E-state index is 4.53. The van der Waals surface area contributed by atoms with Gasteiger partial charge < -0.3 is 0 Å². The quantitative estimate of drug-likeness (QED) is 0.326. The van der Waals surface area contributed by atoms with Crippen molar-refractivity contribution in [2.75, 3.05) is 0 Å². The van der Waals surface area contributed by atoms with Crippen molar-refractivity contribution in [3.63, 3.8) is 0 Å². The van der Waals surface area contributed by atoms with E-state index in [2.05, 4.69) is 44.9 Å². The van der Waals surface area contributed by atoms with E-state index in [-0.39, 0.29) is 0 Å². The summed E-state index contributed by atoms with van der Waals surface area (Å²) in [6, 6.07) is 40.7. The number of benzene rings is 4. The monoisotopic (exact) mass is 412 g/mol. The molecule has 5 rings (SSSR count). The number of allylic oxidation sites excluding steroid dienone is 2. The molecular formula is C28H20N4. The summed E-state index contributed by atoms with van der Waals surface area (Å²) in [5, 5.41) is 17.2. The first kappa shape index (κ1) is 19.5. The van der Waals surface area contributed by atoms with E-state index in [0.29, 0.717) is 0 Å². The summed E-state index contributed by atoms with van der Waals surface area (Å²) >= 11 is 0. The van der Waals surface area contributed by atoms with Crippen LogP contribution in [0.4, 0.5) is 0 Å². The third-order valence-electron chi connectivity index (χ3n) is 5.27. The summed E-state index contributed by atoms with van der Waals surface area (Å²) < 4.78 is 0. The summed E-state index contributed by atoms with van der Waals surface area (Å²) in [5.74, 6) is 0. The molecule has 4 aromatic carbocycles. The number of hydrogen-bond donors (Lipinski definition) is 0. The molecule has 0 radical (unpaired) electrons. The van der Waals surface area contributed by atoms with Crippen LogP contribution in [0.25, 0.3) is 22.5 Å². The van der Waals surface area contributed by atoms with Gasteiger partial charge in [-0.3, -0.25) is 0 Å². The first-order valence-electron chi connectivity index (χ1n) is 10.4. The molecule has 0 spiro atoms. The van der Waals surface area contributed by atoms with Gasteiger partial charge >= 0.3 is 0 Å². The minimum absolute atomic E-state index is 0.753. The lowest BCUT2D eigenvalue weighted by molar-refractivity contribution is 0.963. The van der Waals surface area contributed by atoms with Crippen LogP contribution in [-0.4, -0.2) is 0 Å². The van der Waals surface area contributed by atoms with Gasteiger partial charge in [-0.1, -0.05) is 121 Å². The van der Waals surface area contributed by atoms with Gasteiger partial charge in [0, 0.05) is 22.3 Å². The summed E-state index contributed by atoms with van der Waals surface area (Å²) in [6.45, 7) is 0. The molecule has 4 aromatic rings. The molecule has 1 aliphatic heterocycles. The predicted molar refractivity (Wildman–Crippen MR) is 129 cm³/mol. The molecule has 0 bridgehead atoms. The van der Waals surface area contributed by atoms with Gasteiger partial charge in [-0.2, -0.15) is 0 Å². The van der Waals surface area contributed by atoms with Crippen molar-refractivity contribution in [3.8, 4) is 0 Å². The van der Waals surface area contributed by atoms with Gasteiger partial charge in [0.1, 0.15) is 11.4 Å². The van der Waals surface area contributed by atoms with E-state index in [1.807, 2.05) is 97.1 Å². The lowest BCUT2D eigenvalue weighted by Crippen LogP contribution is -1.99. The molecule has 0 aliphatic carbocycles. The van der Waals surface area contributed by atoms with Crippen molar-refractivity contribution in [3.05, 3.63) is 144 Å². The summed E-state index contributed by atoms with van der Waals surface area (Å²) in [4.78, 5) is 0. The molecule has 1 heterocycles. The molecule has 0 fully saturated rings. The molecule has 4 nitrogen and oxygen atoms in total. The lowest BCUT2D eigenvalue weighted by Gasteiger charge is -2.20. The molecule has 0 saturated carbocycles. The number of hydrogen-bond acceptors (Lipinski definition) is 4. The maximum absolute atomic E-state index is 4.53. The van der Waals surface area contributed by atoms with Crippen LogP contribution in [0.15, 0.2) is 142 Å². The Morgan fingerprint density at radius 2 is 0.594 bits per heavy atom. The minimum Gasteiger partial charge on any atom is -0.128 e. The van der Waals surface area contributed by atoms with Crippen molar-refractivity contribution in [1.82, 2.24) is 0 Å². The van der Waals surface area contributed by atoms with E-state index >= 15 is 0 Å². The number of nitrogens with zero attached hydrogens (tertiary/aromatic N) is 4. The van der Waals surface area contributed by atoms with Crippen LogP contribution < -0.4 is 0 Å². The number of rotatable bonds is 4. The smallest absolute Gasteiger partial charge is 0.103 e. The molecule has 32 heavy (non-hydrogen) atoms. The molecule has 152 valence electrons. The third-order valence-corrected chi connectivity index (χ3v) is 5.27. The summed E-state index contributed by atoms with van der Waals surface area (Å²) in [5.41, 5.74) is 7.43. The Balaban J connectivity index is 1.93. The molecule has 4 heteroatoms. The second-order valence-electron chi connectivity index (χ2n) is 7.29. The van der Waals surface area contributed by atoms with Crippen LogP contribution in [0.3, 0.4) is 0 Å². The second kappa shape index (κ2) is 9.14. The van der Waals surface area contributed by atoms with Crippen molar-refractivity contribution < 1.29 is 0 Å². The first-order chi connectivity index (χ1) is 15.9. The highest BCUT2D eigenvalue weighted by molar-refractivity contribution is 6.21. The lowest BCUT2D eigenvalue weighted by atomic mass is 9.86. The highest BCUT2D eigenvalue weighted by atomic mass is 15.5. The summed E-state index contributed by atoms with van der Waals surface area (Å²) in [6.07, 6.45) is 0. The largest absolute Gasteiger partial charge is 0.128 e. The highest BCUT2D eigenvalue weighted by Gasteiger charge is 2.23. The van der Waals surface area contributed by atoms with Crippen LogP contribution in [0.5, 0.6) is 0 Å². The molecule has 0 unspecified atom stereocenters. The van der Waals surface area contributed by atoms with Crippen molar-refractivity contribution >= 4 is 22.5 Å². The van der Waals surface area contributed by atoms with Crippen LogP contribution in [-0.2, 0) is 0 Å². The van der Waals surface area contributed by atoms with Gasteiger partial charge in [-0.05, 0) is 21.6 Å². The topological polar surface area (TPSA) is 49.4 Å². The van der Waals surface area contributed by atoms with Crippen LogP contribution in [0, 0.1) is 0 Å². The van der Waals surface area contributed by atoms with Crippen LogP contribution in [0.2, 0.25) is 0 Å². The zero-order valence-electron chi connectivity index (χ0n) is 17.3. The third kappa shape index (κ3) is 3.94. The normalized spacial score (nSPS) is 16.0. The van der Waals surface area contributed by atoms with E-state index in [9.17, 15) is 0 Å². The Morgan fingerprint density at radius 3 is 0.906 bits per heavy atom. The van der Waals surface area contributed by atoms with Gasteiger partial charge in [0.05, 0.1) is 0 Å².